The Morgan fingerprint density at radius 1 is 0.476 bits per heavy atom. The molecule has 0 saturated heterocycles. The van der Waals surface area contributed by atoms with E-state index in [1.807, 2.05) is 0 Å². The third-order valence-corrected chi connectivity index (χ3v) is 9.08. The van der Waals surface area contributed by atoms with E-state index in [-0.39, 0.29) is 0 Å². The second-order valence-electron chi connectivity index (χ2n) is 11.4. The number of aromatic amines is 1. The van der Waals surface area contributed by atoms with Gasteiger partial charge in [0.15, 0.2) is 0 Å². The largest absolute Gasteiger partial charge is 0.354 e. The highest BCUT2D eigenvalue weighted by Crippen LogP contribution is 2.41. The molecule has 0 unspecified atom stereocenters. The van der Waals surface area contributed by atoms with Crippen LogP contribution >= 0.6 is 0 Å². The fourth-order valence-corrected chi connectivity index (χ4v) is 7.08. The van der Waals surface area contributed by atoms with Crippen LogP contribution in [0.15, 0.2) is 140 Å². The Hall–Kier alpha value is -5.34. The number of para-hydroxylation sites is 3. The maximum Gasteiger partial charge on any atom is 0.0547 e. The predicted octanol–water partition coefficient (Wildman–Crippen LogP) is 10.8. The molecule has 8 aromatic rings. The van der Waals surface area contributed by atoms with E-state index in [9.17, 15) is 0 Å². The SMILES string of the molecule is C1=C(c2ccc3c4ccccc4n(-c4ccccc4)c3c2)CCC(c2cc3c4ccccc4[nH]c3c3ccccc23)=C1. The molecule has 0 amide bonds. The zero-order chi connectivity index (χ0) is 27.6. The summed E-state index contributed by atoms with van der Waals surface area (Å²) in [4.78, 5) is 3.69. The van der Waals surface area contributed by atoms with Crippen molar-refractivity contribution in [1.82, 2.24) is 9.55 Å². The van der Waals surface area contributed by atoms with E-state index in [0.717, 1.165) is 12.8 Å². The summed E-state index contributed by atoms with van der Waals surface area (Å²) in [5, 5.41) is 7.78. The summed E-state index contributed by atoms with van der Waals surface area (Å²) in [6.07, 6.45) is 6.74. The topological polar surface area (TPSA) is 20.7 Å². The third-order valence-electron chi connectivity index (χ3n) is 9.08. The minimum absolute atomic E-state index is 1.02. The average Bonchev–Trinajstić information content (AvgIpc) is 3.60. The van der Waals surface area contributed by atoms with Gasteiger partial charge in [-0.05, 0) is 76.9 Å². The Kier molecular flexibility index (Phi) is 5.06. The monoisotopic (exact) mass is 536 g/mol. The molecule has 9 rings (SSSR count). The Balaban J connectivity index is 1.19. The molecule has 0 atom stereocenters. The van der Waals surface area contributed by atoms with E-state index in [1.165, 1.54) is 82.3 Å². The second kappa shape index (κ2) is 9.09. The number of nitrogens with zero attached hydrogens (tertiary/aromatic N) is 1. The summed E-state index contributed by atoms with van der Waals surface area (Å²) in [5.74, 6) is 0. The smallest absolute Gasteiger partial charge is 0.0547 e. The van der Waals surface area contributed by atoms with Crippen molar-refractivity contribution in [1.29, 1.82) is 0 Å². The van der Waals surface area contributed by atoms with Gasteiger partial charge in [0, 0.05) is 38.1 Å². The van der Waals surface area contributed by atoms with Gasteiger partial charge < -0.3 is 9.55 Å². The summed E-state index contributed by atoms with van der Waals surface area (Å²) in [6, 6.07) is 46.3. The lowest BCUT2D eigenvalue weighted by Gasteiger charge is -2.18. The van der Waals surface area contributed by atoms with E-state index >= 15 is 0 Å². The zero-order valence-corrected chi connectivity index (χ0v) is 23.1. The van der Waals surface area contributed by atoms with E-state index in [1.54, 1.807) is 0 Å². The van der Waals surface area contributed by atoms with Crippen molar-refractivity contribution in [3.8, 4) is 5.69 Å². The molecule has 42 heavy (non-hydrogen) atoms. The maximum atomic E-state index is 3.69. The molecule has 0 aliphatic heterocycles. The van der Waals surface area contributed by atoms with Gasteiger partial charge >= 0.3 is 0 Å². The van der Waals surface area contributed by atoms with Gasteiger partial charge in [-0.3, -0.25) is 0 Å². The molecular weight excluding hydrogens is 508 g/mol. The number of H-pyrrole nitrogens is 1. The Morgan fingerprint density at radius 3 is 1.98 bits per heavy atom. The highest BCUT2D eigenvalue weighted by atomic mass is 15.0. The first-order valence-corrected chi connectivity index (χ1v) is 14.7. The minimum atomic E-state index is 1.02. The molecule has 2 aromatic heterocycles. The Labute approximate surface area is 243 Å². The standard InChI is InChI=1S/C40H28N2/c1-2-10-29(11-3-1)42-38-17-9-7-14-32(38)33-23-22-28(24-39(33)42)26-18-20-27(21-19-26)35-25-36-31-13-6-8-16-37(31)41-40(36)34-15-5-4-12-30(34)35/h1-18,20,22-25,41H,19,21H2. The van der Waals surface area contributed by atoms with Crippen molar-refractivity contribution < 1.29 is 0 Å². The van der Waals surface area contributed by atoms with Gasteiger partial charge in [0.25, 0.3) is 0 Å². The number of hydrogen-bond donors (Lipinski definition) is 1. The molecule has 0 spiro atoms. The second-order valence-corrected chi connectivity index (χ2v) is 11.4. The van der Waals surface area contributed by atoms with Crippen molar-refractivity contribution >= 4 is 65.5 Å². The van der Waals surface area contributed by atoms with E-state index in [0.29, 0.717) is 0 Å². The fraction of sp³-hybridized carbons (Fsp3) is 0.0500. The first kappa shape index (κ1) is 23.4. The zero-order valence-electron chi connectivity index (χ0n) is 23.1. The van der Waals surface area contributed by atoms with Gasteiger partial charge in [-0.15, -0.1) is 0 Å². The number of nitrogens with one attached hydrogen (secondary N) is 1. The third kappa shape index (κ3) is 3.45. The van der Waals surface area contributed by atoms with Crippen molar-refractivity contribution in [2.24, 2.45) is 0 Å². The molecule has 0 bridgehead atoms. The molecule has 1 aliphatic carbocycles. The molecule has 0 fully saturated rings. The van der Waals surface area contributed by atoms with Crippen molar-refractivity contribution in [3.05, 3.63) is 151 Å². The maximum absolute atomic E-state index is 3.69. The van der Waals surface area contributed by atoms with Gasteiger partial charge in [-0.2, -0.15) is 0 Å². The number of rotatable bonds is 3. The van der Waals surface area contributed by atoms with E-state index in [2.05, 4.69) is 149 Å². The highest BCUT2D eigenvalue weighted by molar-refractivity contribution is 6.19. The summed E-state index contributed by atoms with van der Waals surface area (Å²) in [5.41, 5.74) is 11.6. The van der Waals surface area contributed by atoms with Crippen molar-refractivity contribution in [2.75, 3.05) is 0 Å². The van der Waals surface area contributed by atoms with Gasteiger partial charge in [-0.25, -0.2) is 0 Å². The van der Waals surface area contributed by atoms with Gasteiger partial charge in [0.05, 0.1) is 16.6 Å². The minimum Gasteiger partial charge on any atom is -0.354 e. The number of benzene rings is 6. The summed E-state index contributed by atoms with van der Waals surface area (Å²) in [7, 11) is 0. The lowest BCUT2D eigenvalue weighted by molar-refractivity contribution is 1.07. The fourth-order valence-electron chi connectivity index (χ4n) is 7.08. The lowest BCUT2D eigenvalue weighted by atomic mass is 9.87. The van der Waals surface area contributed by atoms with Crippen LogP contribution in [0.5, 0.6) is 0 Å². The molecule has 6 aromatic carbocycles. The number of fused-ring (bicyclic) bond motifs is 8. The molecular formula is C40H28N2. The molecule has 2 nitrogen and oxygen atoms in total. The summed E-state index contributed by atoms with van der Waals surface area (Å²) < 4.78 is 2.40. The van der Waals surface area contributed by atoms with Crippen LogP contribution in [0.4, 0.5) is 0 Å². The van der Waals surface area contributed by atoms with Crippen LogP contribution in [0.3, 0.4) is 0 Å². The van der Waals surface area contributed by atoms with Crippen LogP contribution in [0.25, 0.3) is 71.2 Å². The van der Waals surface area contributed by atoms with Crippen LogP contribution < -0.4 is 0 Å². The van der Waals surface area contributed by atoms with Crippen LogP contribution in [0, 0.1) is 0 Å². The first-order valence-electron chi connectivity index (χ1n) is 14.7. The number of aromatic nitrogens is 2. The normalized spacial score (nSPS) is 13.8. The summed E-state index contributed by atoms with van der Waals surface area (Å²) in [6.45, 7) is 0. The average molecular weight is 537 g/mol. The molecule has 198 valence electrons. The molecule has 0 radical (unpaired) electrons. The first-order chi connectivity index (χ1) is 20.8. The molecule has 1 aliphatic rings. The molecule has 2 heteroatoms. The molecule has 0 saturated carbocycles. The predicted molar refractivity (Wildman–Crippen MR) is 179 cm³/mol. The van der Waals surface area contributed by atoms with Crippen LogP contribution in [-0.2, 0) is 0 Å². The lowest BCUT2D eigenvalue weighted by Crippen LogP contribution is -1.97. The summed E-state index contributed by atoms with van der Waals surface area (Å²) >= 11 is 0. The van der Waals surface area contributed by atoms with Crippen LogP contribution in [0.1, 0.15) is 24.0 Å². The molecule has 2 heterocycles. The van der Waals surface area contributed by atoms with E-state index in [4.69, 9.17) is 0 Å². The Morgan fingerprint density at radius 2 is 1.14 bits per heavy atom. The van der Waals surface area contributed by atoms with Gasteiger partial charge in [0.1, 0.15) is 0 Å². The van der Waals surface area contributed by atoms with Gasteiger partial charge in [-0.1, -0.05) is 103 Å². The van der Waals surface area contributed by atoms with Crippen LogP contribution in [0.2, 0.25) is 0 Å². The quantitative estimate of drug-likeness (QED) is 0.232. The van der Waals surface area contributed by atoms with Crippen LogP contribution in [-0.4, -0.2) is 9.55 Å². The molecule has 1 N–H and O–H groups in total. The Bertz CT molecular complexity index is 2400. The highest BCUT2D eigenvalue weighted by Gasteiger charge is 2.18. The van der Waals surface area contributed by atoms with Gasteiger partial charge in [0.2, 0.25) is 0 Å². The van der Waals surface area contributed by atoms with E-state index < -0.39 is 0 Å². The van der Waals surface area contributed by atoms with Crippen molar-refractivity contribution in [3.63, 3.8) is 0 Å². The number of allylic oxidation sites excluding steroid dienone is 4. The van der Waals surface area contributed by atoms with Crippen molar-refractivity contribution in [2.45, 2.75) is 12.8 Å². The number of hydrogen-bond acceptors (Lipinski definition) is 0.